The van der Waals surface area contributed by atoms with E-state index < -0.39 is 35.8 Å². The van der Waals surface area contributed by atoms with E-state index in [1.807, 2.05) is 43.3 Å². The van der Waals surface area contributed by atoms with Crippen molar-refractivity contribution in [3.63, 3.8) is 0 Å². The van der Waals surface area contributed by atoms with E-state index in [-0.39, 0.29) is 66.0 Å². The second-order valence-electron chi connectivity index (χ2n) is 18.7. The molecule has 3 N–H and O–H groups in total. The molecule has 72 heavy (non-hydrogen) atoms. The van der Waals surface area contributed by atoms with E-state index >= 15 is 0 Å². The molecule has 1 heterocycles. The maximum atomic E-state index is 14.3. The highest BCUT2D eigenvalue weighted by atomic mass is 35.5. The fraction of sp³-hybridized carbons (Fsp3) is 0.407. The molecule has 1 aliphatic heterocycles. The molecule has 0 unspecified atom stereocenters. The molecule has 0 saturated carbocycles. The van der Waals surface area contributed by atoms with Gasteiger partial charge in [-0.15, -0.1) is 0 Å². The standard InChI is InChI=1S/C29H33BClFO6S.C25H32BClFNO4/c1-4-37-29(33)24(19-38-39(35,36)26-12-5-20(2)6-13-26)16-22(18-30(3)34)15-21-7-9-23(10-8-21)27-17-25(31)11-14-28(27)32;1-3-33-25(31)20(14-29-15-22(30)16-29)11-18(13-26(2)32)10-17-4-6-19(7-5-17)23-12-21(27)8-9-24(23)28/h5-14,17,22,24,34H,4,15-16,18-19H2,1-3H3;4-9,12,18,20,22,30,32H,3,10-11,13-16H2,1-2H3/t22-,24+;18-,20+/m11/s1. The number of aryl methyl sites for hydroxylation is 1. The Bertz CT molecular complexity index is 2620. The Kier molecular flexibility index (Phi) is 22.8. The molecule has 6 rings (SSSR count). The van der Waals surface area contributed by atoms with Crippen LogP contribution in [0.25, 0.3) is 22.3 Å². The number of aliphatic hydroxyl groups is 1. The Labute approximate surface area is 434 Å². The minimum absolute atomic E-state index is 0.00692. The minimum atomic E-state index is -4.07. The third kappa shape index (κ3) is 18.4. The van der Waals surface area contributed by atoms with E-state index in [9.17, 15) is 41.9 Å². The van der Waals surface area contributed by atoms with E-state index in [1.165, 1.54) is 36.4 Å². The number of hydrogen-bond acceptors (Lipinski definition) is 11. The van der Waals surface area contributed by atoms with Crippen LogP contribution in [0.4, 0.5) is 8.78 Å². The zero-order valence-electron chi connectivity index (χ0n) is 41.5. The molecule has 1 fully saturated rings. The number of ether oxygens (including phenoxy) is 2. The van der Waals surface area contributed by atoms with Crippen molar-refractivity contribution in [2.75, 3.05) is 39.5 Å². The molecule has 5 aromatic carbocycles. The van der Waals surface area contributed by atoms with Gasteiger partial charge in [-0.25, -0.2) is 8.78 Å². The topological polar surface area (TPSA) is 160 Å². The van der Waals surface area contributed by atoms with E-state index in [0.29, 0.717) is 84.9 Å². The summed E-state index contributed by atoms with van der Waals surface area (Å²) in [7, 11) is -4.07. The molecule has 11 nitrogen and oxygen atoms in total. The summed E-state index contributed by atoms with van der Waals surface area (Å²) in [5.74, 6) is -2.78. The maximum Gasteiger partial charge on any atom is 0.311 e. The first kappa shape index (κ1) is 58.3. The number of carbonyl (C=O) groups is 2. The maximum absolute atomic E-state index is 14.3. The Morgan fingerprint density at radius 1 is 0.694 bits per heavy atom. The number of nitrogens with zero attached hydrogens (tertiary/aromatic N) is 1. The highest BCUT2D eigenvalue weighted by molar-refractivity contribution is 7.86. The summed E-state index contributed by atoms with van der Waals surface area (Å²) >= 11 is 12.1. The van der Waals surface area contributed by atoms with Crippen molar-refractivity contribution in [1.29, 1.82) is 0 Å². The quantitative estimate of drug-likeness (QED) is 0.0307. The van der Waals surface area contributed by atoms with Crippen LogP contribution in [-0.4, -0.2) is 99.8 Å². The summed E-state index contributed by atoms with van der Waals surface area (Å²) in [6, 6.07) is 30.1. The van der Waals surface area contributed by atoms with Crippen LogP contribution in [0.5, 0.6) is 0 Å². The molecule has 18 heteroatoms. The van der Waals surface area contributed by atoms with Gasteiger partial charge in [-0.3, -0.25) is 18.7 Å². The predicted octanol–water partition coefficient (Wildman–Crippen LogP) is 10.4. The van der Waals surface area contributed by atoms with Crippen molar-refractivity contribution in [3.05, 3.63) is 148 Å². The number of hydrogen-bond donors (Lipinski definition) is 3. The normalized spacial score (nSPS) is 14.5. The van der Waals surface area contributed by atoms with Gasteiger partial charge in [-0.1, -0.05) is 103 Å². The highest BCUT2D eigenvalue weighted by Gasteiger charge is 2.33. The Balaban J connectivity index is 0.000000271. The van der Waals surface area contributed by atoms with Crippen LogP contribution in [0.15, 0.2) is 114 Å². The van der Waals surface area contributed by atoms with Gasteiger partial charge >= 0.3 is 11.9 Å². The SMILES string of the molecule is CCOC(=O)[C@@H](C[C@H](CB(C)O)Cc1ccc(-c2cc(Cl)ccc2F)cc1)CN1CC(O)C1.CCOC(=O)[C@H](COS(=O)(=O)c1ccc(C)cc1)C[C@H](CB(C)O)Cc1ccc(-c2cc(Cl)ccc2F)cc1. The molecule has 0 aromatic heterocycles. The van der Waals surface area contributed by atoms with Crippen molar-refractivity contribution < 1.29 is 55.6 Å². The van der Waals surface area contributed by atoms with Crippen molar-refractivity contribution in [1.82, 2.24) is 4.90 Å². The second kappa shape index (κ2) is 28.1. The van der Waals surface area contributed by atoms with Gasteiger partial charge in [-0.05, 0) is 142 Å². The first-order chi connectivity index (χ1) is 34.2. The number of aliphatic hydroxyl groups excluding tert-OH is 1. The summed E-state index contributed by atoms with van der Waals surface area (Å²) in [6.45, 7) is 9.35. The van der Waals surface area contributed by atoms with Gasteiger partial charge in [0.15, 0.2) is 0 Å². The van der Waals surface area contributed by atoms with E-state index in [0.717, 1.165) is 22.3 Å². The molecule has 0 bridgehead atoms. The Hall–Kier alpha value is -4.64. The number of β-amino-alcohol motifs (C(OH)–C–C–N with tert-alkyl or cyclic N) is 1. The Morgan fingerprint density at radius 3 is 1.54 bits per heavy atom. The lowest BCUT2D eigenvalue weighted by atomic mass is 9.62. The van der Waals surface area contributed by atoms with E-state index in [2.05, 4.69) is 4.90 Å². The number of rotatable bonds is 24. The molecule has 0 radical (unpaired) electrons. The fourth-order valence-corrected chi connectivity index (χ4v) is 10.3. The van der Waals surface area contributed by atoms with E-state index in [4.69, 9.17) is 36.9 Å². The molecule has 386 valence electrons. The summed E-state index contributed by atoms with van der Waals surface area (Å²) in [4.78, 5) is 27.4. The van der Waals surface area contributed by atoms with Crippen LogP contribution >= 0.6 is 23.2 Å². The number of likely N-dealkylation sites (tertiary alicyclic amines) is 1. The molecule has 0 amide bonds. The molecule has 4 atom stereocenters. The summed E-state index contributed by atoms with van der Waals surface area (Å²) in [6.07, 6.45) is 2.63. The van der Waals surface area contributed by atoms with Crippen molar-refractivity contribution >= 4 is 59.1 Å². The van der Waals surface area contributed by atoms with Crippen molar-refractivity contribution in [2.24, 2.45) is 23.7 Å². The van der Waals surface area contributed by atoms with E-state index in [1.54, 1.807) is 63.9 Å². The summed E-state index contributed by atoms with van der Waals surface area (Å²) < 4.78 is 69.8. The number of benzene rings is 5. The molecule has 1 saturated heterocycles. The molecule has 0 spiro atoms. The van der Waals surface area contributed by atoms with Crippen LogP contribution in [0.1, 0.15) is 43.4 Å². The van der Waals surface area contributed by atoms with Gasteiger partial charge in [0, 0.05) is 40.8 Å². The Morgan fingerprint density at radius 2 is 1.12 bits per heavy atom. The van der Waals surface area contributed by atoms with Gasteiger partial charge in [0.25, 0.3) is 23.9 Å². The van der Waals surface area contributed by atoms with Crippen LogP contribution in [0, 0.1) is 42.2 Å². The average molecular weight is 1050 g/mol. The zero-order valence-corrected chi connectivity index (χ0v) is 43.8. The third-order valence-electron chi connectivity index (χ3n) is 12.4. The number of halogens is 4. The van der Waals surface area contributed by atoms with Gasteiger partial charge in [0.2, 0.25) is 0 Å². The first-order valence-electron chi connectivity index (χ1n) is 24.4. The van der Waals surface area contributed by atoms with Crippen LogP contribution < -0.4 is 0 Å². The van der Waals surface area contributed by atoms with Gasteiger partial charge in [0.1, 0.15) is 11.6 Å². The van der Waals surface area contributed by atoms with Crippen LogP contribution in [-0.2, 0) is 46.2 Å². The summed E-state index contributed by atoms with van der Waals surface area (Å²) in [5.41, 5.74) is 5.13. The van der Waals surface area contributed by atoms with Crippen LogP contribution in [0.2, 0.25) is 36.3 Å². The average Bonchev–Trinajstić information content (AvgIpc) is 3.31. The monoisotopic (exact) mass is 1050 g/mol. The fourth-order valence-electron chi connectivity index (χ4n) is 8.99. The number of carbonyl (C=O) groups excluding carboxylic acids is 2. The minimum Gasteiger partial charge on any atom is -0.466 e. The largest absolute Gasteiger partial charge is 0.466 e. The lowest BCUT2D eigenvalue weighted by molar-refractivity contribution is -0.151. The first-order valence-corrected chi connectivity index (χ1v) is 26.5. The smallest absolute Gasteiger partial charge is 0.311 e. The van der Waals surface area contributed by atoms with Crippen LogP contribution in [0.3, 0.4) is 0 Å². The number of esters is 2. The van der Waals surface area contributed by atoms with Gasteiger partial charge in [-0.2, -0.15) is 8.42 Å². The molecular weight excluding hydrogens is 985 g/mol. The van der Waals surface area contributed by atoms with Crippen molar-refractivity contribution in [2.45, 2.75) is 83.7 Å². The predicted molar refractivity (Wildman–Crippen MR) is 282 cm³/mol. The lowest BCUT2D eigenvalue weighted by Crippen LogP contribution is -2.53. The lowest BCUT2D eigenvalue weighted by Gasteiger charge is -2.38. The van der Waals surface area contributed by atoms with Crippen molar-refractivity contribution in [3.8, 4) is 22.3 Å². The molecule has 1 aliphatic rings. The van der Waals surface area contributed by atoms with Gasteiger partial charge < -0.3 is 24.6 Å². The highest BCUT2D eigenvalue weighted by Crippen LogP contribution is 2.32. The molecule has 5 aromatic rings. The second-order valence-corrected chi connectivity index (χ2v) is 21.2. The molecular formula is C54H65B2Cl2F2NO10S. The summed E-state index contributed by atoms with van der Waals surface area (Å²) in [5, 5.41) is 30.7. The molecule has 0 aliphatic carbocycles. The van der Waals surface area contributed by atoms with Gasteiger partial charge in [0.05, 0.1) is 42.7 Å². The third-order valence-corrected chi connectivity index (χ3v) is 14.2. The zero-order chi connectivity index (χ0) is 52.5.